The minimum Gasteiger partial charge on any atom is -0.317 e. The van der Waals surface area contributed by atoms with E-state index in [1.54, 1.807) is 17.4 Å². The third-order valence-electron chi connectivity index (χ3n) is 2.46. The van der Waals surface area contributed by atoms with Gasteiger partial charge in [0.2, 0.25) is 0 Å². The molecule has 2 rings (SSSR count). The number of halogens is 1. The predicted octanol–water partition coefficient (Wildman–Crippen LogP) is 3.11. The fourth-order valence-electron chi connectivity index (χ4n) is 1.53. The number of hydrogen-bond acceptors (Lipinski definition) is 2. The van der Waals surface area contributed by atoms with Gasteiger partial charge in [-0.05, 0) is 36.1 Å². The zero-order chi connectivity index (χ0) is 10.9. The molecule has 0 spiro atoms. The molecule has 1 aromatic heterocycles. The van der Waals surface area contributed by atoms with E-state index in [0.29, 0.717) is 0 Å². The summed E-state index contributed by atoms with van der Waals surface area (Å²) in [7, 11) is 0. The van der Waals surface area contributed by atoms with E-state index in [4.69, 9.17) is 5.73 Å². The van der Waals surface area contributed by atoms with Crippen LogP contribution in [0.4, 0.5) is 4.39 Å². The van der Waals surface area contributed by atoms with Gasteiger partial charge in [0.05, 0.1) is 5.54 Å². The molecule has 78 valence electrons. The highest BCUT2D eigenvalue weighted by molar-refractivity contribution is 7.10. The van der Waals surface area contributed by atoms with Gasteiger partial charge in [-0.1, -0.05) is 18.2 Å². The van der Waals surface area contributed by atoms with Gasteiger partial charge in [-0.2, -0.15) is 0 Å². The summed E-state index contributed by atoms with van der Waals surface area (Å²) in [5.74, 6) is -0.249. The fraction of sp³-hybridized carbons (Fsp3) is 0.167. The van der Waals surface area contributed by atoms with E-state index >= 15 is 0 Å². The zero-order valence-electron chi connectivity index (χ0n) is 8.41. The third kappa shape index (κ3) is 1.94. The second kappa shape index (κ2) is 3.76. The van der Waals surface area contributed by atoms with Crippen LogP contribution in [0, 0.1) is 5.82 Å². The first kappa shape index (κ1) is 10.3. The summed E-state index contributed by atoms with van der Waals surface area (Å²) in [6.07, 6.45) is 0. The zero-order valence-corrected chi connectivity index (χ0v) is 9.22. The van der Waals surface area contributed by atoms with Gasteiger partial charge in [-0.15, -0.1) is 11.3 Å². The van der Waals surface area contributed by atoms with Crippen molar-refractivity contribution in [1.29, 1.82) is 0 Å². The summed E-state index contributed by atoms with van der Waals surface area (Å²) < 4.78 is 13.1. The summed E-state index contributed by atoms with van der Waals surface area (Å²) in [6.45, 7) is 1.90. The average Bonchev–Trinajstić information content (AvgIpc) is 2.71. The van der Waals surface area contributed by atoms with Crippen LogP contribution in [0.3, 0.4) is 0 Å². The maximum absolute atomic E-state index is 13.1. The summed E-state index contributed by atoms with van der Waals surface area (Å²) in [5.41, 5.74) is 6.40. The third-order valence-corrected chi connectivity index (χ3v) is 3.56. The Hall–Kier alpha value is -1.19. The fourth-order valence-corrected chi connectivity index (χ4v) is 2.35. The number of nitrogens with two attached hydrogens (primary N) is 1. The molecule has 1 nitrogen and oxygen atoms in total. The second-order valence-corrected chi connectivity index (χ2v) is 4.64. The Morgan fingerprint density at radius 2 is 2.07 bits per heavy atom. The van der Waals surface area contributed by atoms with E-state index in [-0.39, 0.29) is 5.82 Å². The predicted molar refractivity (Wildman–Crippen MR) is 61.4 cm³/mol. The monoisotopic (exact) mass is 221 g/mol. The van der Waals surface area contributed by atoms with Crippen molar-refractivity contribution in [1.82, 2.24) is 0 Å². The molecule has 1 unspecified atom stereocenters. The molecule has 2 N–H and O–H groups in total. The van der Waals surface area contributed by atoms with E-state index in [1.165, 1.54) is 12.1 Å². The summed E-state index contributed by atoms with van der Waals surface area (Å²) in [4.78, 5) is 1.04. The SMILES string of the molecule is CC(N)(c1cccc(F)c1)c1cccs1. The number of hydrogen-bond donors (Lipinski definition) is 1. The molecule has 0 saturated carbocycles. The maximum atomic E-state index is 13.1. The minimum absolute atomic E-state index is 0.249. The van der Waals surface area contributed by atoms with Crippen molar-refractivity contribution in [2.24, 2.45) is 5.73 Å². The largest absolute Gasteiger partial charge is 0.317 e. The van der Waals surface area contributed by atoms with E-state index < -0.39 is 5.54 Å². The van der Waals surface area contributed by atoms with Crippen molar-refractivity contribution in [3.05, 3.63) is 58.0 Å². The molecule has 0 amide bonds. The molecule has 0 saturated heterocycles. The highest BCUT2D eigenvalue weighted by atomic mass is 32.1. The summed E-state index contributed by atoms with van der Waals surface area (Å²) in [6, 6.07) is 10.4. The molecular formula is C12H12FNS. The van der Waals surface area contributed by atoms with Crippen molar-refractivity contribution in [3.8, 4) is 0 Å². The van der Waals surface area contributed by atoms with Gasteiger partial charge < -0.3 is 5.73 Å². The van der Waals surface area contributed by atoms with Gasteiger partial charge >= 0.3 is 0 Å². The lowest BCUT2D eigenvalue weighted by Crippen LogP contribution is -2.33. The Labute approximate surface area is 92.4 Å². The highest BCUT2D eigenvalue weighted by Gasteiger charge is 2.24. The van der Waals surface area contributed by atoms with Crippen molar-refractivity contribution in [2.45, 2.75) is 12.5 Å². The van der Waals surface area contributed by atoms with Crippen LogP contribution < -0.4 is 5.73 Å². The Bertz CT molecular complexity index is 448. The van der Waals surface area contributed by atoms with Crippen LogP contribution in [0.15, 0.2) is 41.8 Å². The number of thiophene rings is 1. The van der Waals surface area contributed by atoms with Crippen LogP contribution in [0.1, 0.15) is 17.4 Å². The first-order valence-corrected chi connectivity index (χ1v) is 5.57. The lowest BCUT2D eigenvalue weighted by Gasteiger charge is -2.23. The summed E-state index contributed by atoms with van der Waals surface area (Å²) >= 11 is 1.58. The van der Waals surface area contributed by atoms with Gasteiger partial charge in [0, 0.05) is 4.88 Å². The molecule has 1 atom stereocenters. The van der Waals surface area contributed by atoms with Crippen molar-refractivity contribution in [3.63, 3.8) is 0 Å². The molecule has 0 fully saturated rings. The molecule has 0 aliphatic carbocycles. The first-order valence-electron chi connectivity index (χ1n) is 4.69. The smallest absolute Gasteiger partial charge is 0.123 e. The lowest BCUT2D eigenvalue weighted by molar-refractivity contribution is 0.589. The van der Waals surface area contributed by atoms with Gasteiger partial charge in [0.1, 0.15) is 5.82 Å². The molecule has 1 heterocycles. The van der Waals surface area contributed by atoms with Gasteiger partial charge in [-0.3, -0.25) is 0 Å². The molecular weight excluding hydrogens is 209 g/mol. The van der Waals surface area contributed by atoms with E-state index in [0.717, 1.165) is 10.4 Å². The van der Waals surface area contributed by atoms with Crippen LogP contribution in [0.5, 0.6) is 0 Å². The first-order chi connectivity index (χ1) is 7.10. The quantitative estimate of drug-likeness (QED) is 0.828. The molecule has 0 aliphatic heterocycles. The number of benzene rings is 1. The van der Waals surface area contributed by atoms with Crippen molar-refractivity contribution in [2.75, 3.05) is 0 Å². The molecule has 3 heteroatoms. The van der Waals surface area contributed by atoms with E-state index in [2.05, 4.69) is 0 Å². The standard InChI is InChI=1S/C12H12FNS/c1-12(14,11-6-3-7-15-11)9-4-2-5-10(13)8-9/h2-8H,14H2,1H3. The van der Waals surface area contributed by atoms with Crippen LogP contribution in [0.25, 0.3) is 0 Å². The second-order valence-electron chi connectivity index (χ2n) is 3.69. The van der Waals surface area contributed by atoms with Gasteiger partial charge in [0.15, 0.2) is 0 Å². The molecule has 1 aromatic carbocycles. The molecule has 2 aromatic rings. The van der Waals surface area contributed by atoms with Gasteiger partial charge in [0.25, 0.3) is 0 Å². The Kier molecular flexibility index (Phi) is 2.59. The number of rotatable bonds is 2. The Morgan fingerprint density at radius 1 is 1.27 bits per heavy atom. The maximum Gasteiger partial charge on any atom is 0.123 e. The molecule has 0 aliphatic rings. The molecule has 0 radical (unpaired) electrons. The van der Waals surface area contributed by atoms with E-state index in [1.807, 2.05) is 30.5 Å². The van der Waals surface area contributed by atoms with Crippen LogP contribution in [-0.2, 0) is 5.54 Å². The average molecular weight is 221 g/mol. The van der Waals surface area contributed by atoms with E-state index in [9.17, 15) is 4.39 Å². The van der Waals surface area contributed by atoms with Crippen LogP contribution in [-0.4, -0.2) is 0 Å². The highest BCUT2D eigenvalue weighted by Crippen LogP contribution is 2.29. The topological polar surface area (TPSA) is 26.0 Å². The Balaban J connectivity index is 2.46. The summed E-state index contributed by atoms with van der Waals surface area (Å²) in [5, 5.41) is 1.97. The molecule has 0 bridgehead atoms. The minimum atomic E-state index is -0.615. The van der Waals surface area contributed by atoms with Gasteiger partial charge in [-0.25, -0.2) is 4.39 Å². The van der Waals surface area contributed by atoms with Crippen LogP contribution in [0.2, 0.25) is 0 Å². The van der Waals surface area contributed by atoms with Crippen LogP contribution >= 0.6 is 11.3 Å². The van der Waals surface area contributed by atoms with Crippen molar-refractivity contribution < 1.29 is 4.39 Å². The normalized spacial score (nSPS) is 14.9. The lowest BCUT2D eigenvalue weighted by atomic mass is 9.91. The Morgan fingerprint density at radius 3 is 2.67 bits per heavy atom. The van der Waals surface area contributed by atoms with Crippen molar-refractivity contribution >= 4 is 11.3 Å². The molecule has 15 heavy (non-hydrogen) atoms.